The smallest absolute Gasteiger partial charge is 0.240 e. The minimum atomic E-state index is 0.556. The van der Waals surface area contributed by atoms with Crippen LogP contribution in [0.2, 0.25) is 0 Å². The molecule has 1 aliphatic heterocycles. The van der Waals surface area contributed by atoms with E-state index >= 15 is 0 Å². The molecule has 0 amide bonds. The molecule has 6 heteroatoms. The van der Waals surface area contributed by atoms with Gasteiger partial charge in [0.25, 0.3) is 0 Å². The van der Waals surface area contributed by atoms with Gasteiger partial charge >= 0.3 is 0 Å². The van der Waals surface area contributed by atoms with Gasteiger partial charge in [0.1, 0.15) is 0 Å². The third kappa shape index (κ3) is 2.54. The molecule has 2 heterocycles. The summed E-state index contributed by atoms with van der Waals surface area (Å²) in [6.45, 7) is 0.670. The third-order valence-electron chi connectivity index (χ3n) is 2.60. The lowest BCUT2D eigenvalue weighted by molar-refractivity contribution is 0.0278. The summed E-state index contributed by atoms with van der Waals surface area (Å²) in [5.74, 6) is 0.682. The van der Waals surface area contributed by atoms with Gasteiger partial charge in [-0.2, -0.15) is 9.37 Å². The Morgan fingerprint density at radius 1 is 1.37 bits per heavy atom. The molecular formula is C13H9N3O2S. The highest BCUT2D eigenvalue weighted by atomic mass is 32.1. The highest BCUT2D eigenvalue weighted by Gasteiger charge is 2.06. The van der Waals surface area contributed by atoms with Crippen LogP contribution in [0.25, 0.3) is 12.3 Å². The average molecular weight is 271 g/mol. The fourth-order valence-corrected chi connectivity index (χ4v) is 2.36. The Balaban J connectivity index is 1.77. The topological polar surface area (TPSA) is 54.8 Å². The third-order valence-corrected chi connectivity index (χ3v) is 3.41. The number of hydrogen-bond acceptors (Lipinski definition) is 6. The van der Waals surface area contributed by atoms with Crippen molar-refractivity contribution in [2.45, 2.75) is 0 Å². The summed E-state index contributed by atoms with van der Waals surface area (Å²) in [5, 5.41) is 2.78. The molecule has 0 fully saturated rings. The van der Waals surface area contributed by atoms with Crippen LogP contribution in [0.15, 0.2) is 35.5 Å². The second-order valence-corrected chi connectivity index (χ2v) is 4.70. The van der Waals surface area contributed by atoms with Gasteiger partial charge in [0, 0.05) is 11.4 Å². The number of hydrogen-bond donors (Lipinski definition) is 0. The lowest BCUT2D eigenvalue weighted by Crippen LogP contribution is -2.34. The maximum absolute atomic E-state index is 10.1. The number of benzene rings is 1. The number of aromatic nitrogens is 1. The predicted octanol–water partition coefficient (Wildman–Crippen LogP) is 0.938. The monoisotopic (exact) mass is 271 g/mol. The Labute approximate surface area is 112 Å². The molecule has 0 aliphatic carbocycles. The molecule has 5 nitrogen and oxygen atoms in total. The summed E-state index contributed by atoms with van der Waals surface area (Å²) in [6.07, 6.45) is 7.29. The van der Waals surface area contributed by atoms with E-state index in [-0.39, 0.29) is 0 Å². The van der Waals surface area contributed by atoms with E-state index in [4.69, 9.17) is 4.84 Å². The Morgan fingerprint density at radius 2 is 2.21 bits per heavy atom. The number of nitrogens with zero attached hydrogens (tertiary/aromatic N) is 3. The Bertz CT molecular complexity index is 745. The minimum absolute atomic E-state index is 0.556. The highest BCUT2D eigenvalue weighted by molar-refractivity contribution is 7.03. The van der Waals surface area contributed by atoms with Crippen molar-refractivity contribution in [2.24, 2.45) is 4.99 Å². The summed E-state index contributed by atoms with van der Waals surface area (Å²) in [6, 6.07) is 6.91. The number of fused-ring (bicyclic) bond motifs is 1. The average Bonchev–Trinajstić information content (AvgIpc) is 2.89. The summed E-state index contributed by atoms with van der Waals surface area (Å²) in [4.78, 5) is 19.3. The van der Waals surface area contributed by atoms with Crippen LogP contribution in [0, 0.1) is 0 Å². The number of carbonyl (C=O) groups excluding carboxylic acids is 1. The largest absolute Gasteiger partial charge is 0.380 e. The normalized spacial score (nSPS) is 12.7. The maximum Gasteiger partial charge on any atom is 0.240 e. The van der Waals surface area contributed by atoms with Crippen molar-refractivity contribution in [3.05, 3.63) is 40.2 Å². The first-order chi connectivity index (χ1) is 9.35. The van der Waals surface area contributed by atoms with Crippen molar-refractivity contribution in [3.8, 4) is 5.75 Å². The first kappa shape index (κ1) is 11.6. The SMILES string of the molecule is O=C=Nc1ccc(ON2C=c3cnsc3=CC2)cc1. The van der Waals surface area contributed by atoms with Crippen LogP contribution in [0.3, 0.4) is 0 Å². The van der Waals surface area contributed by atoms with E-state index in [9.17, 15) is 4.79 Å². The number of isocyanates is 1. The van der Waals surface area contributed by atoms with Crippen LogP contribution < -0.4 is 14.6 Å². The molecule has 1 aromatic carbocycles. The zero-order valence-electron chi connectivity index (χ0n) is 9.81. The van der Waals surface area contributed by atoms with Gasteiger partial charge < -0.3 is 4.84 Å². The molecule has 94 valence electrons. The minimum Gasteiger partial charge on any atom is -0.380 e. The molecule has 0 atom stereocenters. The molecular weight excluding hydrogens is 262 g/mol. The van der Waals surface area contributed by atoms with Gasteiger partial charge in [0.15, 0.2) is 5.75 Å². The molecule has 0 N–H and O–H groups in total. The quantitative estimate of drug-likeness (QED) is 0.616. The van der Waals surface area contributed by atoms with Crippen molar-refractivity contribution in [1.82, 2.24) is 9.44 Å². The van der Waals surface area contributed by atoms with Crippen LogP contribution >= 0.6 is 11.5 Å². The standard InChI is InChI=1S/C13H9N3O2S/c17-9-14-11-1-3-12(4-2-11)18-16-6-5-13-10(8-16)7-15-19-13/h1-5,7-8H,6H2. The van der Waals surface area contributed by atoms with Crippen LogP contribution in [-0.4, -0.2) is 22.1 Å². The molecule has 0 spiro atoms. The van der Waals surface area contributed by atoms with E-state index in [1.807, 2.05) is 12.4 Å². The first-order valence-electron chi connectivity index (χ1n) is 5.60. The fraction of sp³-hybridized carbons (Fsp3) is 0.0769. The molecule has 19 heavy (non-hydrogen) atoms. The molecule has 0 radical (unpaired) electrons. The van der Waals surface area contributed by atoms with Gasteiger partial charge in [-0.05, 0) is 41.9 Å². The Hall–Kier alpha value is -2.43. The summed E-state index contributed by atoms with van der Waals surface area (Å²) >= 11 is 1.47. The number of hydroxylamine groups is 2. The molecule has 1 aromatic heterocycles. The maximum atomic E-state index is 10.1. The second-order valence-electron chi connectivity index (χ2n) is 3.87. The van der Waals surface area contributed by atoms with Crippen molar-refractivity contribution in [2.75, 3.05) is 6.54 Å². The number of rotatable bonds is 3. The summed E-state index contributed by atoms with van der Waals surface area (Å²) in [5.41, 5.74) is 0.556. The Morgan fingerprint density at radius 3 is 3.00 bits per heavy atom. The number of aliphatic imine (C=N–C) groups is 1. The van der Waals surface area contributed by atoms with Crippen molar-refractivity contribution < 1.29 is 9.63 Å². The van der Waals surface area contributed by atoms with Crippen LogP contribution in [0.5, 0.6) is 5.75 Å². The highest BCUT2D eigenvalue weighted by Crippen LogP contribution is 2.18. The van der Waals surface area contributed by atoms with Crippen LogP contribution in [-0.2, 0) is 4.79 Å². The molecule has 0 unspecified atom stereocenters. The van der Waals surface area contributed by atoms with Crippen LogP contribution in [0.1, 0.15) is 0 Å². The summed E-state index contributed by atoms with van der Waals surface area (Å²) < 4.78 is 5.29. The van der Waals surface area contributed by atoms with Gasteiger partial charge in [-0.3, -0.25) is 0 Å². The van der Waals surface area contributed by atoms with Gasteiger partial charge in [0.2, 0.25) is 6.08 Å². The molecule has 0 saturated carbocycles. The molecule has 3 rings (SSSR count). The molecule has 0 saturated heterocycles. The molecule has 0 bridgehead atoms. The van der Waals surface area contributed by atoms with Crippen molar-refractivity contribution in [1.29, 1.82) is 0 Å². The fourth-order valence-electron chi connectivity index (χ4n) is 1.72. The second kappa shape index (κ2) is 5.06. The van der Waals surface area contributed by atoms with Crippen LogP contribution in [0.4, 0.5) is 5.69 Å². The van der Waals surface area contributed by atoms with E-state index in [0.29, 0.717) is 18.0 Å². The Kier molecular flexibility index (Phi) is 3.10. The molecule has 2 aromatic rings. The van der Waals surface area contributed by atoms with Gasteiger partial charge in [-0.25, -0.2) is 9.86 Å². The van der Waals surface area contributed by atoms with Gasteiger partial charge in [0.05, 0.1) is 23.0 Å². The van der Waals surface area contributed by atoms with E-state index < -0.39 is 0 Å². The lowest BCUT2D eigenvalue weighted by Gasteiger charge is -2.20. The van der Waals surface area contributed by atoms with Crippen molar-refractivity contribution in [3.63, 3.8) is 0 Å². The lowest BCUT2D eigenvalue weighted by atomic mass is 10.3. The van der Waals surface area contributed by atoms with E-state index in [2.05, 4.69) is 15.4 Å². The van der Waals surface area contributed by atoms with E-state index in [0.717, 1.165) is 9.75 Å². The molecule has 1 aliphatic rings. The van der Waals surface area contributed by atoms with E-state index in [1.165, 1.54) is 17.6 Å². The van der Waals surface area contributed by atoms with Gasteiger partial charge in [-0.1, -0.05) is 0 Å². The predicted molar refractivity (Wildman–Crippen MR) is 71.9 cm³/mol. The first-order valence-corrected chi connectivity index (χ1v) is 6.38. The van der Waals surface area contributed by atoms with Crippen molar-refractivity contribution >= 4 is 35.6 Å². The van der Waals surface area contributed by atoms with Gasteiger partial charge in [-0.15, -0.1) is 0 Å². The zero-order chi connectivity index (χ0) is 13.1. The summed E-state index contributed by atoms with van der Waals surface area (Å²) in [7, 11) is 0. The zero-order valence-corrected chi connectivity index (χ0v) is 10.6. The van der Waals surface area contributed by atoms with E-state index in [1.54, 1.807) is 29.3 Å².